The molecule has 2 N–H and O–H groups in total. The molecule has 4 nitrogen and oxygen atoms in total. The first-order valence-electron chi connectivity index (χ1n) is 8.31. The van der Waals surface area contributed by atoms with Gasteiger partial charge in [-0.1, -0.05) is 18.9 Å². The highest BCUT2D eigenvalue weighted by Crippen LogP contribution is 2.53. The number of hydrogen-bond donors (Lipinski definition) is 2. The van der Waals surface area contributed by atoms with Gasteiger partial charge in [-0.15, -0.1) is 0 Å². The number of ether oxygens (including phenoxy) is 1. The quantitative estimate of drug-likeness (QED) is 0.875. The Labute approximate surface area is 132 Å². The summed E-state index contributed by atoms with van der Waals surface area (Å²) in [6, 6.07) is 6.67. The van der Waals surface area contributed by atoms with Gasteiger partial charge in [-0.25, -0.2) is 0 Å². The van der Waals surface area contributed by atoms with Crippen LogP contribution in [-0.2, 0) is 11.3 Å². The molecule has 0 aliphatic heterocycles. The minimum absolute atomic E-state index is 0.0766. The molecule has 4 heteroatoms. The molecule has 1 aromatic rings. The van der Waals surface area contributed by atoms with E-state index in [2.05, 4.69) is 16.7 Å². The minimum Gasteiger partial charge on any atom is -0.495 e. The Kier molecular flexibility index (Phi) is 4.39. The third-order valence-electron chi connectivity index (χ3n) is 5.40. The number of methoxy groups -OCH3 is 1. The van der Waals surface area contributed by atoms with Gasteiger partial charge in [0.05, 0.1) is 12.8 Å². The zero-order valence-corrected chi connectivity index (χ0v) is 13.6. The van der Waals surface area contributed by atoms with Gasteiger partial charge in [0.25, 0.3) is 0 Å². The van der Waals surface area contributed by atoms with Crippen LogP contribution >= 0.6 is 0 Å². The van der Waals surface area contributed by atoms with E-state index in [0.29, 0.717) is 17.2 Å². The van der Waals surface area contributed by atoms with Crippen LogP contribution in [0.15, 0.2) is 18.2 Å². The number of nitrogens with one attached hydrogen (secondary N) is 2. The lowest BCUT2D eigenvalue weighted by Crippen LogP contribution is -2.51. The number of amides is 1. The number of carbonyl (C=O) groups is 1. The van der Waals surface area contributed by atoms with Gasteiger partial charge in [0.1, 0.15) is 5.75 Å². The van der Waals surface area contributed by atoms with E-state index >= 15 is 0 Å². The van der Waals surface area contributed by atoms with Gasteiger partial charge in [0.2, 0.25) is 5.91 Å². The van der Waals surface area contributed by atoms with Gasteiger partial charge >= 0.3 is 0 Å². The molecule has 2 aliphatic carbocycles. The SMILES string of the molecule is COc1ccc(CN[C@@H]2CCC23CCCC3)cc1NC(C)=O. The normalized spacial score (nSPS) is 22.4. The maximum atomic E-state index is 11.3. The molecule has 0 aromatic heterocycles. The molecule has 3 rings (SSSR count). The summed E-state index contributed by atoms with van der Waals surface area (Å²) < 4.78 is 5.30. The molecule has 1 atom stereocenters. The summed E-state index contributed by atoms with van der Waals surface area (Å²) in [6.07, 6.45) is 8.27. The standard InChI is InChI=1S/C18H26N2O2/c1-13(21)20-15-11-14(5-6-16(15)22-2)12-19-17-7-10-18(17)8-3-4-9-18/h5-6,11,17,19H,3-4,7-10,12H2,1-2H3,(H,20,21)/t17-/m1/s1. The van der Waals surface area contributed by atoms with Crippen LogP contribution in [0.25, 0.3) is 0 Å². The summed E-state index contributed by atoms with van der Waals surface area (Å²) in [5, 5.41) is 6.57. The van der Waals surface area contributed by atoms with Crippen molar-refractivity contribution in [1.82, 2.24) is 5.32 Å². The van der Waals surface area contributed by atoms with Crippen LogP contribution < -0.4 is 15.4 Å². The van der Waals surface area contributed by atoms with E-state index in [0.717, 1.165) is 12.2 Å². The van der Waals surface area contributed by atoms with Crippen LogP contribution in [0.5, 0.6) is 5.75 Å². The van der Waals surface area contributed by atoms with E-state index in [4.69, 9.17) is 4.74 Å². The van der Waals surface area contributed by atoms with Crippen LogP contribution in [0.3, 0.4) is 0 Å². The summed E-state index contributed by atoms with van der Waals surface area (Å²) >= 11 is 0. The molecule has 2 aliphatic rings. The van der Waals surface area contributed by atoms with Crippen LogP contribution in [0.1, 0.15) is 51.0 Å². The molecule has 0 bridgehead atoms. The smallest absolute Gasteiger partial charge is 0.221 e. The Bertz CT molecular complexity index is 550. The predicted octanol–water partition coefficient (Wildman–Crippen LogP) is 3.47. The second-order valence-electron chi connectivity index (χ2n) is 6.76. The number of rotatable bonds is 5. The average molecular weight is 302 g/mol. The fraction of sp³-hybridized carbons (Fsp3) is 0.611. The monoisotopic (exact) mass is 302 g/mol. The van der Waals surface area contributed by atoms with Gasteiger partial charge in [-0.2, -0.15) is 0 Å². The molecule has 2 saturated carbocycles. The van der Waals surface area contributed by atoms with E-state index in [-0.39, 0.29) is 5.91 Å². The number of anilines is 1. The summed E-state index contributed by atoms with van der Waals surface area (Å²) in [4.78, 5) is 11.3. The Morgan fingerprint density at radius 2 is 2.09 bits per heavy atom. The second kappa shape index (κ2) is 6.29. The van der Waals surface area contributed by atoms with Crippen molar-refractivity contribution in [2.24, 2.45) is 5.41 Å². The summed E-state index contributed by atoms with van der Waals surface area (Å²) in [7, 11) is 1.62. The van der Waals surface area contributed by atoms with Crippen LogP contribution in [0.4, 0.5) is 5.69 Å². The number of hydrogen-bond acceptors (Lipinski definition) is 3. The fourth-order valence-electron chi connectivity index (χ4n) is 4.09. The van der Waals surface area contributed by atoms with Gasteiger partial charge < -0.3 is 15.4 Å². The summed E-state index contributed by atoms with van der Waals surface area (Å²) in [5.41, 5.74) is 2.52. The molecular formula is C18H26N2O2. The van der Waals surface area contributed by atoms with Crippen molar-refractivity contribution in [3.63, 3.8) is 0 Å². The highest BCUT2D eigenvalue weighted by Gasteiger charge is 2.47. The van der Waals surface area contributed by atoms with Crippen molar-refractivity contribution in [3.05, 3.63) is 23.8 Å². The molecule has 22 heavy (non-hydrogen) atoms. The lowest BCUT2D eigenvalue weighted by Gasteiger charge is -2.48. The molecule has 1 amide bonds. The molecule has 0 radical (unpaired) electrons. The fourth-order valence-corrected chi connectivity index (χ4v) is 4.09. The first kappa shape index (κ1) is 15.3. The number of carbonyl (C=O) groups excluding carboxylic acids is 1. The average Bonchev–Trinajstić information content (AvgIpc) is 2.98. The van der Waals surface area contributed by atoms with Crippen molar-refractivity contribution in [3.8, 4) is 5.75 Å². The lowest BCUT2D eigenvalue weighted by molar-refractivity contribution is -0.114. The number of benzene rings is 1. The third-order valence-corrected chi connectivity index (χ3v) is 5.40. The van der Waals surface area contributed by atoms with E-state index in [1.807, 2.05) is 12.1 Å². The zero-order valence-electron chi connectivity index (χ0n) is 13.6. The zero-order chi connectivity index (χ0) is 15.6. The molecular weight excluding hydrogens is 276 g/mol. The Balaban J connectivity index is 1.64. The molecule has 1 aromatic carbocycles. The van der Waals surface area contributed by atoms with E-state index in [1.165, 1.54) is 51.0 Å². The highest BCUT2D eigenvalue weighted by atomic mass is 16.5. The van der Waals surface area contributed by atoms with Crippen molar-refractivity contribution < 1.29 is 9.53 Å². The predicted molar refractivity (Wildman–Crippen MR) is 88.1 cm³/mol. The lowest BCUT2D eigenvalue weighted by atomic mass is 9.63. The van der Waals surface area contributed by atoms with Gasteiger partial charge in [-0.3, -0.25) is 4.79 Å². The van der Waals surface area contributed by atoms with Crippen molar-refractivity contribution in [2.45, 2.75) is 58.0 Å². The largest absolute Gasteiger partial charge is 0.495 e. The molecule has 2 fully saturated rings. The Morgan fingerprint density at radius 1 is 1.32 bits per heavy atom. The van der Waals surface area contributed by atoms with Crippen LogP contribution in [-0.4, -0.2) is 19.1 Å². The molecule has 1 spiro atoms. The van der Waals surface area contributed by atoms with Crippen LogP contribution in [0, 0.1) is 5.41 Å². The highest BCUT2D eigenvalue weighted by molar-refractivity contribution is 5.90. The molecule has 0 unspecified atom stereocenters. The van der Waals surface area contributed by atoms with E-state index in [1.54, 1.807) is 7.11 Å². The first-order valence-corrected chi connectivity index (χ1v) is 8.31. The van der Waals surface area contributed by atoms with Crippen molar-refractivity contribution in [2.75, 3.05) is 12.4 Å². The molecule has 0 saturated heterocycles. The molecule has 120 valence electrons. The third kappa shape index (κ3) is 2.98. The van der Waals surface area contributed by atoms with Crippen molar-refractivity contribution >= 4 is 11.6 Å². The van der Waals surface area contributed by atoms with Gasteiger partial charge in [0, 0.05) is 19.5 Å². The van der Waals surface area contributed by atoms with Gasteiger partial charge in [0.15, 0.2) is 0 Å². The van der Waals surface area contributed by atoms with Crippen LogP contribution in [0.2, 0.25) is 0 Å². The van der Waals surface area contributed by atoms with E-state index < -0.39 is 0 Å². The Hall–Kier alpha value is -1.55. The Morgan fingerprint density at radius 3 is 2.68 bits per heavy atom. The summed E-state index contributed by atoms with van der Waals surface area (Å²) in [6.45, 7) is 2.37. The molecule has 0 heterocycles. The first-order chi connectivity index (χ1) is 10.6. The second-order valence-corrected chi connectivity index (χ2v) is 6.76. The van der Waals surface area contributed by atoms with Crippen molar-refractivity contribution in [1.29, 1.82) is 0 Å². The van der Waals surface area contributed by atoms with Gasteiger partial charge in [-0.05, 0) is 48.8 Å². The topological polar surface area (TPSA) is 50.4 Å². The maximum absolute atomic E-state index is 11.3. The summed E-state index contributed by atoms with van der Waals surface area (Å²) in [5.74, 6) is 0.627. The van der Waals surface area contributed by atoms with E-state index in [9.17, 15) is 4.79 Å². The maximum Gasteiger partial charge on any atom is 0.221 e. The minimum atomic E-state index is -0.0766.